The molecule has 2 nitrogen and oxygen atoms in total. The van der Waals surface area contributed by atoms with Crippen LogP contribution in [0.2, 0.25) is 0 Å². The normalized spacial score (nSPS) is 11.1. The summed E-state index contributed by atoms with van der Waals surface area (Å²) < 4.78 is 0. The van der Waals surface area contributed by atoms with Crippen LogP contribution in [0, 0.1) is 0 Å². The Kier molecular flexibility index (Phi) is 6.21. The zero-order valence-electron chi connectivity index (χ0n) is 17.4. The van der Waals surface area contributed by atoms with Gasteiger partial charge >= 0.3 is 0 Å². The Bertz CT molecular complexity index is 1090. The largest absolute Gasteiger partial charge is 0.294 e. The highest BCUT2D eigenvalue weighted by atomic mass is 31.2. The number of rotatable bonds is 7. The second-order valence-electron chi connectivity index (χ2n) is 7.50. The molecule has 152 valence electrons. The lowest BCUT2D eigenvalue weighted by Gasteiger charge is -2.27. The third-order valence-corrected chi connectivity index (χ3v) is 9.88. The van der Waals surface area contributed by atoms with Crippen molar-refractivity contribution in [1.82, 2.24) is 0 Å². The fourth-order valence-corrected chi connectivity index (χ4v) is 8.19. The molecule has 0 fully saturated rings. The van der Waals surface area contributed by atoms with Crippen molar-refractivity contribution < 1.29 is 9.59 Å². The highest BCUT2D eigenvalue weighted by Gasteiger charge is 2.47. The van der Waals surface area contributed by atoms with Crippen LogP contribution in [0.1, 0.15) is 27.6 Å². The van der Waals surface area contributed by atoms with Gasteiger partial charge in [-0.05, 0) is 43.3 Å². The summed E-state index contributed by atoms with van der Waals surface area (Å²) in [4.78, 5) is 26.0. The number of carbonyl (C=O) groups is 2. The minimum absolute atomic E-state index is 0.00399. The summed E-state index contributed by atoms with van der Waals surface area (Å²) in [6.07, 6.45) is 0.329. The van der Waals surface area contributed by atoms with Crippen molar-refractivity contribution >= 4 is 34.7 Å². The van der Waals surface area contributed by atoms with E-state index < -0.39 is 7.26 Å². The van der Waals surface area contributed by atoms with Gasteiger partial charge in [-0.1, -0.05) is 78.9 Å². The van der Waals surface area contributed by atoms with E-state index in [1.54, 1.807) is 12.1 Å². The quantitative estimate of drug-likeness (QED) is 0.307. The first-order chi connectivity index (χ1) is 15.1. The molecule has 4 rings (SSSR count). The number of Topliss-reactive ketones (excluding diaryl/α,β-unsaturated/α-hetero) is 2. The molecule has 0 heterocycles. The van der Waals surface area contributed by atoms with E-state index in [4.69, 9.17) is 0 Å². The topological polar surface area (TPSA) is 34.1 Å². The third-order valence-electron chi connectivity index (χ3n) is 5.58. The fourth-order valence-electron chi connectivity index (χ4n) is 4.10. The Labute approximate surface area is 183 Å². The average molecular weight is 423 g/mol. The van der Waals surface area contributed by atoms with E-state index in [2.05, 4.69) is 36.4 Å². The smallest absolute Gasteiger partial charge is 0.201 e. The second kappa shape index (κ2) is 9.20. The third kappa shape index (κ3) is 4.13. The van der Waals surface area contributed by atoms with Gasteiger partial charge in [0.05, 0.1) is 0 Å². The Morgan fingerprint density at radius 2 is 0.903 bits per heavy atom. The molecule has 0 aliphatic rings. The van der Waals surface area contributed by atoms with E-state index in [0.29, 0.717) is 17.3 Å². The second-order valence-corrected chi connectivity index (χ2v) is 11.0. The van der Waals surface area contributed by atoms with E-state index in [-0.39, 0.29) is 11.6 Å². The van der Waals surface area contributed by atoms with Crippen molar-refractivity contribution in [1.29, 1.82) is 0 Å². The Morgan fingerprint density at radius 3 is 1.29 bits per heavy atom. The van der Waals surface area contributed by atoms with Gasteiger partial charge in [-0.15, -0.1) is 0 Å². The molecule has 4 aromatic rings. The van der Waals surface area contributed by atoms with Gasteiger partial charge in [-0.2, -0.15) is 0 Å². The van der Waals surface area contributed by atoms with E-state index in [1.807, 2.05) is 66.7 Å². The maximum atomic E-state index is 13.8. The van der Waals surface area contributed by atoms with Gasteiger partial charge in [-0.3, -0.25) is 9.59 Å². The fraction of sp³-hybridized carbons (Fsp3) is 0.0714. The Hall–Kier alpha value is -3.35. The van der Waals surface area contributed by atoms with Gasteiger partial charge in [0.15, 0.2) is 5.78 Å². The number of benzene rings is 4. The summed E-state index contributed by atoms with van der Waals surface area (Å²) in [6.45, 7) is 1.51. The molecule has 0 amide bonds. The first-order valence-corrected chi connectivity index (χ1v) is 12.3. The van der Waals surface area contributed by atoms with Crippen molar-refractivity contribution in [2.45, 2.75) is 6.92 Å². The predicted octanol–water partition coefficient (Wildman–Crippen LogP) is 5.07. The van der Waals surface area contributed by atoms with Crippen molar-refractivity contribution in [2.24, 2.45) is 0 Å². The van der Waals surface area contributed by atoms with Crippen LogP contribution < -0.4 is 15.9 Å². The van der Waals surface area contributed by atoms with Crippen LogP contribution in [0.5, 0.6) is 0 Å². The lowest BCUT2D eigenvalue weighted by atomic mass is 10.0. The number of carbonyl (C=O) groups excluding carboxylic acids is 2. The van der Waals surface area contributed by atoms with Crippen molar-refractivity contribution in [3.05, 3.63) is 126 Å². The van der Waals surface area contributed by atoms with Crippen LogP contribution >= 0.6 is 7.26 Å². The van der Waals surface area contributed by atoms with Gasteiger partial charge in [0.1, 0.15) is 29.3 Å². The van der Waals surface area contributed by atoms with Gasteiger partial charge < -0.3 is 0 Å². The van der Waals surface area contributed by atoms with E-state index in [9.17, 15) is 9.59 Å². The van der Waals surface area contributed by atoms with Crippen LogP contribution in [0.15, 0.2) is 115 Å². The standard InChI is InChI=1S/C28H24O2P/c1-22(29)26-19-11-12-20-27(26)28(30)21-31(23-13-5-2-6-14-23,24-15-7-3-8-16-24)25-17-9-4-10-18-25/h2-20H,21H2,1H3/q+1. The van der Waals surface area contributed by atoms with E-state index in [0.717, 1.165) is 15.9 Å². The molecule has 0 spiro atoms. The van der Waals surface area contributed by atoms with Crippen LogP contribution in [0.4, 0.5) is 0 Å². The SMILES string of the molecule is CC(=O)c1ccccc1C(=O)C[P+](c1ccccc1)(c1ccccc1)c1ccccc1. The van der Waals surface area contributed by atoms with Gasteiger partial charge in [0, 0.05) is 11.1 Å². The highest BCUT2D eigenvalue weighted by molar-refractivity contribution is 7.96. The van der Waals surface area contributed by atoms with Crippen molar-refractivity contribution in [3.63, 3.8) is 0 Å². The zero-order valence-corrected chi connectivity index (χ0v) is 18.3. The summed E-state index contributed by atoms with van der Waals surface area (Å²) in [5, 5.41) is 3.46. The van der Waals surface area contributed by atoms with Gasteiger partial charge in [0.2, 0.25) is 5.78 Å². The van der Waals surface area contributed by atoms with E-state index in [1.165, 1.54) is 6.92 Å². The Balaban J connectivity index is 1.95. The molecule has 0 aliphatic carbocycles. The Morgan fingerprint density at radius 1 is 0.548 bits per heavy atom. The minimum atomic E-state index is -2.29. The van der Waals surface area contributed by atoms with Gasteiger partial charge in [0.25, 0.3) is 0 Å². The predicted molar refractivity (Wildman–Crippen MR) is 131 cm³/mol. The molecule has 0 saturated carbocycles. The van der Waals surface area contributed by atoms with Crippen molar-refractivity contribution in [3.8, 4) is 0 Å². The molecule has 4 aromatic carbocycles. The maximum Gasteiger partial charge on any atom is 0.201 e. The first-order valence-electron chi connectivity index (χ1n) is 10.3. The monoisotopic (exact) mass is 423 g/mol. The molecule has 0 aromatic heterocycles. The average Bonchev–Trinajstić information content (AvgIpc) is 2.84. The summed E-state index contributed by atoms with van der Waals surface area (Å²) in [5.41, 5.74) is 0.988. The van der Waals surface area contributed by atoms with Crippen LogP contribution in [0.3, 0.4) is 0 Å². The summed E-state index contributed by atoms with van der Waals surface area (Å²) >= 11 is 0. The lowest BCUT2D eigenvalue weighted by Crippen LogP contribution is -2.36. The van der Waals surface area contributed by atoms with Crippen molar-refractivity contribution in [2.75, 3.05) is 6.16 Å². The molecule has 0 radical (unpaired) electrons. The minimum Gasteiger partial charge on any atom is -0.294 e. The van der Waals surface area contributed by atoms with Crippen LogP contribution in [-0.2, 0) is 0 Å². The van der Waals surface area contributed by atoms with Crippen LogP contribution in [-0.4, -0.2) is 17.7 Å². The molecule has 0 unspecified atom stereocenters. The molecular formula is C28H24O2P+. The van der Waals surface area contributed by atoms with Crippen LogP contribution in [0.25, 0.3) is 0 Å². The highest BCUT2D eigenvalue weighted by Crippen LogP contribution is 2.55. The summed E-state index contributed by atoms with van der Waals surface area (Å²) in [7, 11) is -2.29. The number of ketones is 2. The van der Waals surface area contributed by atoms with E-state index >= 15 is 0 Å². The first kappa shape index (κ1) is 20.9. The number of hydrogen-bond acceptors (Lipinski definition) is 2. The molecule has 0 aliphatic heterocycles. The molecule has 3 heteroatoms. The van der Waals surface area contributed by atoms with Gasteiger partial charge in [-0.25, -0.2) is 0 Å². The molecule has 0 bridgehead atoms. The number of hydrogen-bond donors (Lipinski definition) is 0. The molecule has 0 N–H and O–H groups in total. The summed E-state index contributed by atoms with van der Waals surface area (Å²) in [6, 6.07) is 38.1. The zero-order chi connectivity index (χ0) is 21.7. The molecular weight excluding hydrogens is 399 g/mol. The molecule has 0 saturated heterocycles. The maximum absolute atomic E-state index is 13.8. The summed E-state index contributed by atoms with van der Waals surface area (Å²) in [5.74, 6) is -0.0947. The molecule has 0 atom stereocenters. The lowest BCUT2D eigenvalue weighted by molar-refractivity contribution is 0.0982. The molecule has 31 heavy (non-hydrogen) atoms.